The van der Waals surface area contributed by atoms with Crippen LogP contribution in [0.25, 0.3) is 0 Å². The molecule has 1 aliphatic rings. The molecule has 0 heterocycles. The molecule has 1 aliphatic carbocycles. The second-order valence-electron chi connectivity index (χ2n) is 3.32. The number of alkyl halides is 3. The Labute approximate surface area is 106 Å². The minimum absolute atomic E-state index is 0.217. The fourth-order valence-electron chi connectivity index (χ4n) is 1.72. The van der Waals surface area contributed by atoms with Crippen molar-refractivity contribution in [2.45, 2.75) is 35.2 Å². The van der Waals surface area contributed by atoms with Crippen molar-refractivity contribution in [2.75, 3.05) is 0 Å². The summed E-state index contributed by atoms with van der Waals surface area (Å²) in [6.07, 6.45) is 7.45. The van der Waals surface area contributed by atoms with Crippen molar-refractivity contribution < 1.29 is 24.6 Å². The molecule has 1 fully saturated rings. The predicted molar refractivity (Wildman–Crippen MR) is 56.3 cm³/mol. The molecule has 0 aromatic rings. The minimum atomic E-state index is -0.786. The van der Waals surface area contributed by atoms with E-state index in [-0.39, 0.29) is -0.348 Å². The van der Waals surface area contributed by atoms with Crippen LogP contribution in [0.4, 0.5) is 0 Å². The van der Waals surface area contributed by atoms with Crippen molar-refractivity contribution in [3.8, 4) is 0 Å². The third kappa shape index (κ3) is 5.64. The Balaban J connectivity index is 2.24. The number of hydrogen-bond acceptors (Lipinski definition) is 0. The molecule has 11 heavy (non-hydrogen) atoms. The Morgan fingerprint density at radius 3 is 2.00 bits per heavy atom. The zero-order valence-corrected chi connectivity index (χ0v) is 16.7. The molecule has 0 aromatic heterocycles. The maximum absolute atomic E-state index is 3.65. The van der Waals surface area contributed by atoms with Gasteiger partial charge >= 0.3 is 108 Å². The fraction of sp³-hybridized carbons (Fsp3) is 1.00. The summed E-state index contributed by atoms with van der Waals surface area (Å²) in [6.45, 7) is 0. The number of halogens is 3. The molecule has 0 aliphatic heterocycles. The van der Waals surface area contributed by atoms with Crippen molar-refractivity contribution in [3.63, 3.8) is 0 Å². The van der Waals surface area contributed by atoms with Crippen LogP contribution in [0.2, 0.25) is 3.43 Å². The van der Waals surface area contributed by atoms with Gasteiger partial charge in [-0.1, -0.05) is 0 Å². The van der Waals surface area contributed by atoms with Gasteiger partial charge in [-0.15, -0.1) is 0 Å². The van der Waals surface area contributed by atoms with E-state index in [0.717, 1.165) is 3.43 Å². The van der Waals surface area contributed by atoms with Gasteiger partial charge in [-0.3, -0.25) is 0 Å². The Kier molecular flexibility index (Phi) is 5.52. The summed E-state index contributed by atoms with van der Waals surface area (Å²) >= 11 is 10.2. The van der Waals surface area contributed by atoms with Crippen LogP contribution >= 0.6 is 47.8 Å². The molecular weight excluding hydrogens is 524 g/mol. The first-order valence-corrected chi connectivity index (χ1v) is 12.4. The van der Waals surface area contributed by atoms with Crippen LogP contribution in [0.5, 0.6) is 0 Å². The van der Waals surface area contributed by atoms with E-state index in [9.17, 15) is 0 Å². The second-order valence-corrected chi connectivity index (χ2v) is 32.8. The van der Waals surface area contributed by atoms with Gasteiger partial charge in [-0.2, -0.15) is 0 Å². The molecule has 4 heteroatoms. The first-order chi connectivity index (χ1) is 5.08. The first-order valence-electron chi connectivity index (χ1n) is 4.15. The summed E-state index contributed by atoms with van der Waals surface area (Å²) in [6, 6.07) is 0. The molecule has 0 bridgehead atoms. The van der Waals surface area contributed by atoms with Crippen molar-refractivity contribution in [2.24, 2.45) is 0 Å². The van der Waals surface area contributed by atoms with E-state index in [2.05, 4.69) is 47.8 Å². The van der Waals surface area contributed by atoms with Gasteiger partial charge in [0.2, 0.25) is 0 Å². The second kappa shape index (κ2) is 5.30. The summed E-state index contributed by atoms with van der Waals surface area (Å²) in [7, 11) is 0. The molecule has 0 amide bonds. The summed E-state index contributed by atoms with van der Waals surface area (Å²) in [4.78, 5) is 0. The Hall–Kier alpha value is 2.38. The topological polar surface area (TPSA) is 0 Å². The molecule has 0 unspecified atom stereocenters. The van der Waals surface area contributed by atoms with Crippen LogP contribution < -0.4 is 0 Å². The van der Waals surface area contributed by atoms with Gasteiger partial charge in [0.15, 0.2) is 0 Å². The van der Waals surface area contributed by atoms with E-state index in [4.69, 9.17) is 0 Å². The zero-order valence-electron chi connectivity index (χ0n) is 6.45. The third-order valence-electron chi connectivity index (χ3n) is 2.24. The molecule has 0 N–H and O–H groups in total. The van der Waals surface area contributed by atoms with Gasteiger partial charge in [-0.25, -0.2) is 0 Å². The van der Waals surface area contributed by atoms with Crippen LogP contribution in [0.3, 0.4) is 0 Å². The van der Waals surface area contributed by atoms with Gasteiger partial charge in [-0.05, 0) is 0 Å². The third-order valence-corrected chi connectivity index (χ3v) is 18.0. The van der Waals surface area contributed by atoms with Gasteiger partial charge in [0.05, 0.1) is 0 Å². The average Bonchev–Trinajstić information content (AvgIpc) is 1.85. The van der Waals surface area contributed by atoms with Crippen molar-refractivity contribution >= 4 is 47.8 Å². The molecule has 0 atom stereocenters. The van der Waals surface area contributed by atoms with Crippen LogP contribution in [0.15, 0.2) is 0 Å². The summed E-state index contributed by atoms with van der Waals surface area (Å²) in [5.41, 5.74) is 0. The van der Waals surface area contributed by atoms with E-state index in [1.165, 1.54) is 32.1 Å². The number of rotatable bonds is 1. The monoisotopic (exact) mass is 534 g/mol. The van der Waals surface area contributed by atoms with Crippen LogP contribution in [0.1, 0.15) is 32.1 Å². The van der Waals surface area contributed by atoms with E-state index in [1.54, 1.807) is 0 Å². The van der Waals surface area contributed by atoms with Crippen molar-refractivity contribution in [1.82, 2.24) is 0 Å². The van der Waals surface area contributed by atoms with Crippen LogP contribution in [0, 0.1) is 0 Å². The Morgan fingerprint density at radius 2 is 1.55 bits per heavy atom. The summed E-state index contributed by atoms with van der Waals surface area (Å²) < 4.78 is 1.34. The van der Waals surface area contributed by atoms with E-state index < -0.39 is 24.6 Å². The van der Waals surface area contributed by atoms with E-state index in [1.807, 2.05) is 0 Å². The summed E-state index contributed by atoms with van der Waals surface area (Å²) in [5, 5.41) is 0. The van der Waals surface area contributed by atoms with Crippen molar-refractivity contribution in [1.29, 1.82) is 0 Å². The molecule has 0 radical (unpaired) electrons. The SMILES string of the molecule is Br[C](Br)(Br)[Hg][CH]1CCCCC1. The molecule has 0 nitrogen and oxygen atoms in total. The van der Waals surface area contributed by atoms with Crippen LogP contribution in [-0.2, 0) is 24.6 Å². The fourth-order valence-corrected chi connectivity index (χ4v) is 20.1. The first kappa shape index (κ1) is 11.4. The molecule has 0 aromatic carbocycles. The van der Waals surface area contributed by atoms with Gasteiger partial charge < -0.3 is 0 Å². The van der Waals surface area contributed by atoms with Gasteiger partial charge in [0.25, 0.3) is 0 Å². The predicted octanol–water partition coefficient (Wildman–Crippen LogP) is 4.62. The normalized spacial score (nSPS) is 21.4. The molecule has 0 saturated heterocycles. The van der Waals surface area contributed by atoms with Gasteiger partial charge in [0.1, 0.15) is 0 Å². The maximum atomic E-state index is 3.65. The Bertz CT molecular complexity index is 115. The van der Waals surface area contributed by atoms with Crippen molar-refractivity contribution in [3.05, 3.63) is 0 Å². The van der Waals surface area contributed by atoms with E-state index >= 15 is 0 Å². The van der Waals surface area contributed by atoms with Gasteiger partial charge in [0, 0.05) is 0 Å². The Morgan fingerprint density at radius 1 is 1.00 bits per heavy atom. The van der Waals surface area contributed by atoms with E-state index in [0.29, 0.717) is 0 Å². The standard InChI is InChI=1S/C6H11.CBr3.Hg/c1-2-4-6-5-3-1;2-1(3)4;/h1H,2-6H2;;. The average molecular weight is 535 g/mol. The molecule has 0 spiro atoms. The molecule has 62 valence electrons. The zero-order chi connectivity index (χ0) is 8.32. The van der Waals surface area contributed by atoms with Crippen LogP contribution in [-0.4, -0.2) is -0.348 Å². The molecular formula is C7H11Br3Hg. The molecule has 1 saturated carbocycles. The quantitative estimate of drug-likeness (QED) is 0.340. The molecule has 1 rings (SSSR count). The summed E-state index contributed by atoms with van der Waals surface area (Å²) in [5.74, 6) is 0. The number of hydrogen-bond donors (Lipinski definition) is 0.